The Morgan fingerprint density at radius 3 is 2.58 bits per heavy atom. The first kappa shape index (κ1) is 18.9. The molecule has 8 nitrogen and oxygen atoms in total. The monoisotopic (exact) mass is 354 g/mol. The zero-order chi connectivity index (χ0) is 19.3. The number of aromatic hydroxyl groups is 1. The first-order valence-electron chi connectivity index (χ1n) is 8.05. The van der Waals surface area contributed by atoms with Crippen LogP contribution in [0.1, 0.15) is 36.5 Å². The SMILES string of the molecule is CCCCn1c(O)c(C=Nc2ccc([N+](=O)[O-])cc2)c(C)c(C#N)c1=O. The van der Waals surface area contributed by atoms with Gasteiger partial charge in [-0.3, -0.25) is 24.5 Å². The molecule has 1 aromatic carbocycles. The molecule has 0 aliphatic heterocycles. The van der Waals surface area contributed by atoms with E-state index in [1.54, 1.807) is 6.92 Å². The van der Waals surface area contributed by atoms with Crippen molar-refractivity contribution in [1.82, 2.24) is 4.57 Å². The average Bonchev–Trinajstić information content (AvgIpc) is 2.62. The molecule has 0 saturated carbocycles. The summed E-state index contributed by atoms with van der Waals surface area (Å²) in [7, 11) is 0. The van der Waals surface area contributed by atoms with Crippen LogP contribution in [0.3, 0.4) is 0 Å². The number of hydrogen-bond donors (Lipinski definition) is 1. The van der Waals surface area contributed by atoms with Crippen molar-refractivity contribution in [1.29, 1.82) is 5.26 Å². The molecule has 0 aliphatic carbocycles. The quantitative estimate of drug-likeness (QED) is 0.485. The van der Waals surface area contributed by atoms with Gasteiger partial charge in [0.05, 0.1) is 16.2 Å². The topological polar surface area (TPSA) is 122 Å². The van der Waals surface area contributed by atoms with Gasteiger partial charge in [0, 0.05) is 24.9 Å². The van der Waals surface area contributed by atoms with Crippen molar-refractivity contribution in [3.05, 3.63) is 61.4 Å². The van der Waals surface area contributed by atoms with E-state index < -0.39 is 10.5 Å². The van der Waals surface area contributed by atoms with E-state index >= 15 is 0 Å². The molecule has 2 aromatic rings. The summed E-state index contributed by atoms with van der Waals surface area (Å²) in [5, 5.41) is 30.4. The maximum Gasteiger partial charge on any atom is 0.271 e. The zero-order valence-electron chi connectivity index (χ0n) is 14.5. The summed E-state index contributed by atoms with van der Waals surface area (Å²) in [6.07, 6.45) is 2.86. The number of non-ortho nitro benzene ring substituents is 1. The van der Waals surface area contributed by atoms with Crippen LogP contribution in [-0.2, 0) is 6.54 Å². The molecule has 0 bridgehead atoms. The summed E-state index contributed by atoms with van der Waals surface area (Å²) in [6.45, 7) is 3.83. The molecule has 0 aliphatic rings. The Morgan fingerprint density at radius 2 is 2.04 bits per heavy atom. The number of hydrogen-bond acceptors (Lipinski definition) is 6. The lowest BCUT2D eigenvalue weighted by molar-refractivity contribution is -0.384. The average molecular weight is 354 g/mol. The van der Waals surface area contributed by atoms with Crippen LogP contribution < -0.4 is 5.56 Å². The van der Waals surface area contributed by atoms with Crippen molar-refractivity contribution >= 4 is 17.6 Å². The van der Waals surface area contributed by atoms with Gasteiger partial charge in [-0.05, 0) is 31.0 Å². The van der Waals surface area contributed by atoms with E-state index in [1.165, 1.54) is 35.0 Å². The Morgan fingerprint density at radius 1 is 1.38 bits per heavy atom. The van der Waals surface area contributed by atoms with E-state index in [0.717, 1.165) is 6.42 Å². The number of nitro benzene ring substituents is 1. The van der Waals surface area contributed by atoms with Gasteiger partial charge in [0.15, 0.2) is 0 Å². The number of benzene rings is 1. The van der Waals surface area contributed by atoms with E-state index in [4.69, 9.17) is 0 Å². The molecule has 0 spiro atoms. The van der Waals surface area contributed by atoms with Gasteiger partial charge in [0.25, 0.3) is 11.2 Å². The molecule has 0 radical (unpaired) electrons. The second-order valence-electron chi connectivity index (χ2n) is 5.69. The molecule has 2 rings (SSSR count). The first-order valence-corrected chi connectivity index (χ1v) is 8.05. The third kappa shape index (κ3) is 3.78. The van der Waals surface area contributed by atoms with Crippen LogP contribution in [0.4, 0.5) is 11.4 Å². The highest BCUT2D eigenvalue weighted by molar-refractivity contribution is 5.87. The van der Waals surface area contributed by atoms with Crippen molar-refractivity contribution in [3.63, 3.8) is 0 Å². The summed E-state index contributed by atoms with van der Waals surface area (Å²) in [5.74, 6) is -0.245. The highest BCUT2D eigenvalue weighted by atomic mass is 16.6. The molecule has 0 saturated heterocycles. The Hall–Kier alpha value is -3.47. The summed E-state index contributed by atoms with van der Waals surface area (Å²) >= 11 is 0. The van der Waals surface area contributed by atoms with Crippen LogP contribution in [0, 0.1) is 28.4 Å². The lowest BCUT2D eigenvalue weighted by atomic mass is 10.1. The molecular weight excluding hydrogens is 336 g/mol. The maximum atomic E-state index is 12.3. The number of unbranched alkanes of at least 4 members (excludes halogenated alkanes) is 1. The standard InChI is InChI=1S/C18H18N4O4/c1-3-4-9-21-17(23)15(10-19)12(2)16(18(21)24)11-20-13-5-7-14(8-6-13)22(25)26/h5-8,11,24H,3-4,9H2,1-2H3. The van der Waals surface area contributed by atoms with E-state index in [1.807, 2.05) is 13.0 Å². The minimum absolute atomic E-state index is 0.0379. The molecule has 26 heavy (non-hydrogen) atoms. The predicted molar refractivity (Wildman–Crippen MR) is 97.1 cm³/mol. The third-order valence-corrected chi connectivity index (χ3v) is 3.98. The van der Waals surface area contributed by atoms with E-state index in [9.17, 15) is 25.3 Å². The number of nitro groups is 1. The summed E-state index contributed by atoms with van der Waals surface area (Å²) in [5.41, 5.74) is 0.443. The predicted octanol–water partition coefficient (Wildman–Crippen LogP) is 3.19. The van der Waals surface area contributed by atoms with Gasteiger partial charge in [-0.2, -0.15) is 5.26 Å². The highest BCUT2D eigenvalue weighted by Crippen LogP contribution is 2.22. The Kier molecular flexibility index (Phi) is 5.86. The molecule has 0 fully saturated rings. The molecule has 8 heteroatoms. The molecule has 0 unspecified atom stereocenters. The Balaban J connectivity index is 2.49. The van der Waals surface area contributed by atoms with Gasteiger partial charge in [0.1, 0.15) is 11.6 Å². The van der Waals surface area contributed by atoms with Crippen LogP contribution in [0.25, 0.3) is 0 Å². The number of rotatable bonds is 6. The van der Waals surface area contributed by atoms with Gasteiger partial charge in [0.2, 0.25) is 5.88 Å². The molecular formula is C18H18N4O4. The fraction of sp³-hybridized carbons (Fsp3) is 0.278. The van der Waals surface area contributed by atoms with Gasteiger partial charge < -0.3 is 5.11 Å². The Labute approximate surface area is 149 Å². The van der Waals surface area contributed by atoms with Gasteiger partial charge in [-0.15, -0.1) is 0 Å². The summed E-state index contributed by atoms with van der Waals surface area (Å²) in [6, 6.07) is 7.47. The van der Waals surface area contributed by atoms with Crippen LogP contribution >= 0.6 is 0 Å². The van der Waals surface area contributed by atoms with Crippen molar-refractivity contribution in [3.8, 4) is 11.9 Å². The molecule has 1 aromatic heterocycles. The second kappa shape index (κ2) is 8.07. The van der Waals surface area contributed by atoms with Crippen LogP contribution in [0.5, 0.6) is 5.88 Å². The number of aromatic nitrogens is 1. The van der Waals surface area contributed by atoms with Gasteiger partial charge in [-0.1, -0.05) is 13.3 Å². The van der Waals surface area contributed by atoms with Crippen molar-refractivity contribution < 1.29 is 10.0 Å². The van der Waals surface area contributed by atoms with Gasteiger partial charge >= 0.3 is 0 Å². The van der Waals surface area contributed by atoms with E-state index in [0.29, 0.717) is 24.2 Å². The van der Waals surface area contributed by atoms with Crippen molar-refractivity contribution in [2.45, 2.75) is 33.2 Å². The van der Waals surface area contributed by atoms with E-state index in [-0.39, 0.29) is 22.7 Å². The number of aliphatic imine (C=N–C) groups is 1. The zero-order valence-corrected chi connectivity index (χ0v) is 14.5. The van der Waals surface area contributed by atoms with Crippen molar-refractivity contribution in [2.24, 2.45) is 4.99 Å². The molecule has 134 valence electrons. The lowest BCUT2D eigenvalue weighted by Crippen LogP contribution is -2.25. The fourth-order valence-electron chi connectivity index (χ4n) is 2.45. The minimum Gasteiger partial charge on any atom is -0.494 e. The van der Waals surface area contributed by atoms with Crippen LogP contribution in [0.15, 0.2) is 34.1 Å². The largest absolute Gasteiger partial charge is 0.494 e. The minimum atomic E-state index is -0.525. The van der Waals surface area contributed by atoms with Crippen molar-refractivity contribution in [2.75, 3.05) is 0 Å². The van der Waals surface area contributed by atoms with Crippen LogP contribution in [-0.4, -0.2) is 20.8 Å². The van der Waals surface area contributed by atoms with Gasteiger partial charge in [-0.25, -0.2) is 0 Å². The molecule has 0 amide bonds. The lowest BCUT2D eigenvalue weighted by Gasteiger charge is -2.13. The van der Waals surface area contributed by atoms with Crippen LogP contribution in [0.2, 0.25) is 0 Å². The normalized spacial score (nSPS) is 10.8. The number of pyridine rings is 1. The fourth-order valence-corrected chi connectivity index (χ4v) is 2.45. The molecule has 1 N–H and O–H groups in total. The number of nitriles is 1. The summed E-state index contributed by atoms with van der Waals surface area (Å²) < 4.78 is 1.17. The second-order valence-corrected chi connectivity index (χ2v) is 5.69. The highest BCUT2D eigenvalue weighted by Gasteiger charge is 2.17. The van der Waals surface area contributed by atoms with E-state index in [2.05, 4.69) is 4.99 Å². The Bertz CT molecular complexity index is 953. The first-order chi connectivity index (χ1) is 12.4. The number of nitrogens with zero attached hydrogens (tertiary/aromatic N) is 4. The summed E-state index contributed by atoms with van der Waals surface area (Å²) in [4.78, 5) is 26.7. The smallest absolute Gasteiger partial charge is 0.271 e. The molecule has 1 heterocycles. The molecule has 0 atom stereocenters. The third-order valence-electron chi connectivity index (χ3n) is 3.98. The maximum absolute atomic E-state index is 12.3.